The van der Waals surface area contributed by atoms with Crippen molar-refractivity contribution in [1.29, 1.82) is 0 Å². The first-order chi connectivity index (χ1) is 7.69. The molecule has 0 aliphatic carbocycles. The molecule has 0 atom stereocenters. The molecule has 2 N–H and O–H groups in total. The molecule has 0 aliphatic heterocycles. The van der Waals surface area contributed by atoms with Gasteiger partial charge in [-0.15, -0.1) is 0 Å². The predicted octanol–water partition coefficient (Wildman–Crippen LogP) is 2.42. The summed E-state index contributed by atoms with van der Waals surface area (Å²) in [7, 11) is 0. The van der Waals surface area contributed by atoms with E-state index in [0.29, 0.717) is 17.9 Å². The molecule has 4 nitrogen and oxygen atoms in total. The van der Waals surface area contributed by atoms with E-state index < -0.39 is 0 Å². The van der Waals surface area contributed by atoms with Gasteiger partial charge in [0.25, 0.3) is 5.91 Å². The van der Waals surface area contributed by atoms with Gasteiger partial charge in [-0.3, -0.25) is 4.79 Å². The molecular formula is C11H16BrN3O. The Balaban J connectivity index is 2.93. The van der Waals surface area contributed by atoms with E-state index >= 15 is 0 Å². The number of pyridine rings is 1. The third-order valence-electron chi connectivity index (χ3n) is 1.98. The van der Waals surface area contributed by atoms with Crippen molar-refractivity contribution in [2.75, 3.05) is 18.4 Å². The van der Waals surface area contributed by atoms with E-state index in [9.17, 15) is 4.79 Å². The highest BCUT2D eigenvalue weighted by Crippen LogP contribution is 2.17. The average Bonchev–Trinajstić information content (AvgIpc) is 2.27. The Morgan fingerprint density at radius 2 is 2.25 bits per heavy atom. The van der Waals surface area contributed by atoms with Crippen molar-refractivity contribution >= 4 is 27.7 Å². The summed E-state index contributed by atoms with van der Waals surface area (Å²) in [5, 5.41) is 5.90. The second-order valence-electron chi connectivity index (χ2n) is 3.34. The van der Waals surface area contributed by atoms with Crippen LogP contribution >= 0.6 is 15.9 Å². The van der Waals surface area contributed by atoms with Crippen LogP contribution in [0.2, 0.25) is 0 Å². The average molecular weight is 286 g/mol. The van der Waals surface area contributed by atoms with Crippen molar-refractivity contribution in [1.82, 2.24) is 10.3 Å². The number of aromatic nitrogens is 1. The normalized spacial score (nSPS) is 9.94. The largest absolute Gasteiger partial charge is 0.369 e. The first-order valence-electron chi connectivity index (χ1n) is 5.36. The summed E-state index contributed by atoms with van der Waals surface area (Å²) in [5.74, 6) is 0.533. The van der Waals surface area contributed by atoms with Crippen LogP contribution in [0.25, 0.3) is 0 Å². The van der Waals surface area contributed by atoms with Gasteiger partial charge in [-0.05, 0) is 35.3 Å². The third kappa shape index (κ3) is 3.48. The SMILES string of the molecule is CCCNc1ncc(Br)cc1C(=O)NCC. The molecule has 0 aliphatic rings. The van der Waals surface area contributed by atoms with Gasteiger partial charge in [0.2, 0.25) is 0 Å². The second kappa shape index (κ2) is 6.48. The molecule has 0 fully saturated rings. The summed E-state index contributed by atoms with van der Waals surface area (Å²) < 4.78 is 0.802. The van der Waals surface area contributed by atoms with Gasteiger partial charge in [0.05, 0.1) is 5.56 Å². The van der Waals surface area contributed by atoms with Crippen LogP contribution in [0.5, 0.6) is 0 Å². The third-order valence-corrected chi connectivity index (χ3v) is 2.41. The molecule has 1 aromatic heterocycles. The number of nitrogens with one attached hydrogen (secondary N) is 2. The van der Waals surface area contributed by atoms with E-state index in [4.69, 9.17) is 0 Å². The summed E-state index contributed by atoms with van der Waals surface area (Å²) in [4.78, 5) is 16.0. The van der Waals surface area contributed by atoms with Crippen LogP contribution in [0.3, 0.4) is 0 Å². The minimum Gasteiger partial charge on any atom is -0.369 e. The topological polar surface area (TPSA) is 54.0 Å². The number of hydrogen-bond acceptors (Lipinski definition) is 3. The summed E-state index contributed by atoms with van der Waals surface area (Å²) in [6.07, 6.45) is 2.67. The van der Waals surface area contributed by atoms with E-state index in [-0.39, 0.29) is 5.91 Å². The number of amides is 1. The Hall–Kier alpha value is -1.10. The van der Waals surface area contributed by atoms with Crippen LogP contribution in [0, 0.1) is 0 Å². The molecule has 16 heavy (non-hydrogen) atoms. The van der Waals surface area contributed by atoms with E-state index in [1.807, 2.05) is 6.92 Å². The minimum absolute atomic E-state index is 0.102. The monoisotopic (exact) mass is 285 g/mol. The predicted molar refractivity (Wildman–Crippen MR) is 68.7 cm³/mol. The number of halogens is 1. The van der Waals surface area contributed by atoms with Crippen LogP contribution in [0.1, 0.15) is 30.6 Å². The van der Waals surface area contributed by atoms with Gasteiger partial charge in [-0.2, -0.15) is 0 Å². The Morgan fingerprint density at radius 3 is 2.88 bits per heavy atom. The smallest absolute Gasteiger partial charge is 0.255 e. The van der Waals surface area contributed by atoms with Gasteiger partial charge < -0.3 is 10.6 Å². The number of nitrogens with zero attached hydrogens (tertiary/aromatic N) is 1. The van der Waals surface area contributed by atoms with Gasteiger partial charge in [0, 0.05) is 23.8 Å². The summed E-state index contributed by atoms with van der Waals surface area (Å²) >= 11 is 3.31. The lowest BCUT2D eigenvalue weighted by atomic mass is 10.2. The van der Waals surface area contributed by atoms with Gasteiger partial charge in [-0.1, -0.05) is 6.92 Å². The molecule has 1 heterocycles. The molecule has 0 saturated carbocycles. The standard InChI is InChI=1S/C11H16BrN3O/c1-3-5-14-10-9(11(16)13-4-2)6-8(12)7-15-10/h6-7H,3-5H2,1-2H3,(H,13,16)(H,14,15). The molecule has 0 aromatic carbocycles. The molecular weight excluding hydrogens is 270 g/mol. The lowest BCUT2D eigenvalue weighted by molar-refractivity contribution is 0.0956. The first-order valence-corrected chi connectivity index (χ1v) is 6.16. The zero-order valence-electron chi connectivity index (χ0n) is 9.51. The van der Waals surface area contributed by atoms with Crippen LogP contribution < -0.4 is 10.6 Å². The number of hydrogen-bond donors (Lipinski definition) is 2. The Bertz CT molecular complexity index is 368. The van der Waals surface area contributed by atoms with Crippen LogP contribution in [-0.4, -0.2) is 24.0 Å². The Morgan fingerprint density at radius 1 is 1.50 bits per heavy atom. The van der Waals surface area contributed by atoms with Crippen LogP contribution in [0.4, 0.5) is 5.82 Å². The van der Waals surface area contributed by atoms with Crippen molar-refractivity contribution in [2.45, 2.75) is 20.3 Å². The maximum Gasteiger partial charge on any atom is 0.255 e. The summed E-state index contributed by atoms with van der Waals surface area (Å²) in [6, 6.07) is 1.77. The molecule has 0 spiro atoms. The molecule has 5 heteroatoms. The van der Waals surface area contributed by atoms with Crippen molar-refractivity contribution in [3.8, 4) is 0 Å². The van der Waals surface area contributed by atoms with Crippen molar-refractivity contribution in [3.05, 3.63) is 22.3 Å². The van der Waals surface area contributed by atoms with Gasteiger partial charge in [0.15, 0.2) is 0 Å². The van der Waals surface area contributed by atoms with E-state index in [0.717, 1.165) is 17.4 Å². The van der Waals surface area contributed by atoms with Crippen molar-refractivity contribution in [2.24, 2.45) is 0 Å². The zero-order chi connectivity index (χ0) is 12.0. The molecule has 1 rings (SSSR count). The lowest BCUT2D eigenvalue weighted by Crippen LogP contribution is -2.24. The molecule has 0 radical (unpaired) electrons. The van der Waals surface area contributed by atoms with Gasteiger partial charge in [-0.25, -0.2) is 4.98 Å². The zero-order valence-corrected chi connectivity index (χ0v) is 11.1. The molecule has 0 saturated heterocycles. The number of rotatable bonds is 5. The molecule has 88 valence electrons. The number of carbonyl (C=O) groups excluding carboxylic acids is 1. The van der Waals surface area contributed by atoms with E-state index in [1.54, 1.807) is 12.3 Å². The maximum atomic E-state index is 11.8. The maximum absolute atomic E-state index is 11.8. The highest BCUT2D eigenvalue weighted by Gasteiger charge is 2.11. The fraction of sp³-hybridized carbons (Fsp3) is 0.455. The highest BCUT2D eigenvalue weighted by molar-refractivity contribution is 9.10. The number of anilines is 1. The lowest BCUT2D eigenvalue weighted by Gasteiger charge is -2.10. The van der Waals surface area contributed by atoms with E-state index in [1.165, 1.54) is 0 Å². The van der Waals surface area contributed by atoms with Crippen LogP contribution in [-0.2, 0) is 0 Å². The minimum atomic E-state index is -0.102. The van der Waals surface area contributed by atoms with E-state index in [2.05, 4.69) is 38.5 Å². The second-order valence-corrected chi connectivity index (χ2v) is 4.25. The molecule has 0 bridgehead atoms. The molecule has 1 amide bonds. The van der Waals surface area contributed by atoms with Gasteiger partial charge >= 0.3 is 0 Å². The molecule has 1 aromatic rings. The fourth-order valence-electron chi connectivity index (χ4n) is 1.25. The van der Waals surface area contributed by atoms with Crippen molar-refractivity contribution < 1.29 is 4.79 Å². The number of carbonyl (C=O) groups is 1. The summed E-state index contributed by atoms with van der Waals surface area (Å²) in [6.45, 7) is 5.37. The fourth-order valence-corrected chi connectivity index (χ4v) is 1.58. The Labute approximate surface area is 104 Å². The first kappa shape index (κ1) is 13.0. The summed E-state index contributed by atoms with van der Waals surface area (Å²) in [5.41, 5.74) is 0.574. The van der Waals surface area contributed by atoms with Crippen molar-refractivity contribution in [3.63, 3.8) is 0 Å². The molecule has 0 unspecified atom stereocenters. The Kier molecular flexibility index (Phi) is 5.25. The van der Waals surface area contributed by atoms with Crippen LogP contribution in [0.15, 0.2) is 16.7 Å². The quantitative estimate of drug-likeness (QED) is 0.874. The highest BCUT2D eigenvalue weighted by atomic mass is 79.9. The van der Waals surface area contributed by atoms with Gasteiger partial charge in [0.1, 0.15) is 5.82 Å².